The molecule has 1 aliphatic heterocycles. The summed E-state index contributed by atoms with van der Waals surface area (Å²) >= 11 is 11.3. The number of nitrogens with zero attached hydrogens (tertiary/aromatic N) is 3. The van der Waals surface area contributed by atoms with Crippen LogP contribution in [-0.2, 0) is 12.0 Å². The Morgan fingerprint density at radius 2 is 2.32 bits per heavy atom. The van der Waals surface area contributed by atoms with E-state index < -0.39 is 5.54 Å². The molecule has 1 aliphatic rings. The first-order valence-corrected chi connectivity index (χ1v) is 7.58. The summed E-state index contributed by atoms with van der Waals surface area (Å²) in [6.45, 7) is 2.02. The molecular formula is C12H10BrClN4S. The van der Waals surface area contributed by atoms with Crippen molar-refractivity contribution in [2.75, 3.05) is 0 Å². The fourth-order valence-electron chi connectivity index (χ4n) is 2.24. The van der Waals surface area contributed by atoms with Gasteiger partial charge in [0.15, 0.2) is 0 Å². The molecule has 2 aromatic heterocycles. The maximum Gasteiger partial charge on any atom is 0.130 e. The van der Waals surface area contributed by atoms with Crippen LogP contribution in [0.25, 0.3) is 0 Å². The van der Waals surface area contributed by atoms with Crippen molar-refractivity contribution in [3.8, 4) is 0 Å². The Kier molecular flexibility index (Phi) is 3.11. The molecule has 0 radical (unpaired) electrons. The summed E-state index contributed by atoms with van der Waals surface area (Å²) in [5.41, 5.74) is 7.28. The second kappa shape index (κ2) is 4.54. The summed E-state index contributed by atoms with van der Waals surface area (Å²) in [5, 5.41) is 0.702. The maximum absolute atomic E-state index is 6.28. The molecule has 3 heterocycles. The third kappa shape index (κ3) is 2.17. The minimum absolute atomic E-state index is 0.463. The molecule has 0 saturated heterocycles. The van der Waals surface area contributed by atoms with E-state index in [-0.39, 0.29) is 0 Å². The Morgan fingerprint density at radius 1 is 1.53 bits per heavy atom. The molecule has 0 bridgehead atoms. The highest BCUT2D eigenvalue weighted by Gasteiger charge is 2.36. The van der Waals surface area contributed by atoms with Gasteiger partial charge in [0.25, 0.3) is 0 Å². The van der Waals surface area contributed by atoms with Crippen LogP contribution in [0, 0.1) is 0 Å². The summed E-state index contributed by atoms with van der Waals surface area (Å²) < 4.78 is 0.982. The van der Waals surface area contributed by atoms with Crippen molar-refractivity contribution in [3.05, 3.63) is 43.5 Å². The van der Waals surface area contributed by atoms with E-state index in [9.17, 15) is 0 Å². The van der Waals surface area contributed by atoms with Gasteiger partial charge in [-0.15, -0.1) is 11.3 Å². The molecule has 0 fully saturated rings. The van der Waals surface area contributed by atoms with Gasteiger partial charge >= 0.3 is 0 Å². The largest absolute Gasteiger partial charge is 0.383 e. The maximum atomic E-state index is 6.28. The summed E-state index contributed by atoms with van der Waals surface area (Å²) in [6.07, 6.45) is 3.90. The second-order valence-electron chi connectivity index (χ2n) is 4.56. The molecule has 0 aromatic carbocycles. The number of aliphatic imine (C=N–C) groups is 1. The Morgan fingerprint density at radius 3 is 3.00 bits per heavy atom. The molecule has 0 unspecified atom stereocenters. The van der Waals surface area contributed by atoms with E-state index in [1.54, 1.807) is 17.5 Å². The van der Waals surface area contributed by atoms with Crippen molar-refractivity contribution in [2.45, 2.75) is 18.9 Å². The van der Waals surface area contributed by atoms with E-state index in [2.05, 4.69) is 30.9 Å². The first-order chi connectivity index (χ1) is 8.99. The monoisotopic (exact) mass is 356 g/mol. The van der Waals surface area contributed by atoms with E-state index in [0.29, 0.717) is 17.3 Å². The summed E-state index contributed by atoms with van der Waals surface area (Å²) in [5.74, 6) is 0.463. The summed E-state index contributed by atoms with van der Waals surface area (Å²) in [4.78, 5) is 13.9. The third-order valence-corrected chi connectivity index (χ3v) is 5.40. The lowest BCUT2D eigenvalue weighted by atomic mass is 9.89. The number of amidine groups is 1. The molecule has 0 amide bonds. The lowest BCUT2D eigenvalue weighted by molar-refractivity contribution is 0.490. The molecule has 3 rings (SSSR count). The van der Waals surface area contributed by atoms with Gasteiger partial charge in [-0.3, -0.25) is 4.99 Å². The van der Waals surface area contributed by atoms with E-state index in [1.165, 1.54) is 6.33 Å². The number of nitrogens with two attached hydrogens (primary N) is 1. The standard InChI is InChI=1S/C12H10BrClN4S/c1-12(10-7(14)2-9(13)19-10)3-8-6(11(15)18-12)4-16-5-17-8/h2,4-5H,3H2,1H3,(H2,15,18)/t12-/m0/s1. The number of thiophene rings is 1. The van der Waals surface area contributed by atoms with Gasteiger partial charge in [-0.2, -0.15) is 0 Å². The van der Waals surface area contributed by atoms with Crippen LogP contribution in [0.4, 0.5) is 0 Å². The normalized spacial score (nSPS) is 21.9. The zero-order valence-corrected chi connectivity index (χ0v) is 13.2. The van der Waals surface area contributed by atoms with Gasteiger partial charge in [0.2, 0.25) is 0 Å². The van der Waals surface area contributed by atoms with Gasteiger partial charge in [-0.1, -0.05) is 11.6 Å². The Bertz CT molecular complexity index is 684. The molecule has 1 atom stereocenters. The smallest absolute Gasteiger partial charge is 0.130 e. The zero-order valence-electron chi connectivity index (χ0n) is 10.0. The van der Waals surface area contributed by atoms with Crippen LogP contribution >= 0.6 is 38.9 Å². The van der Waals surface area contributed by atoms with Crippen LogP contribution in [0.3, 0.4) is 0 Å². The molecule has 0 spiro atoms. The van der Waals surface area contributed by atoms with Crippen molar-refractivity contribution in [1.29, 1.82) is 0 Å². The van der Waals surface area contributed by atoms with Crippen molar-refractivity contribution in [1.82, 2.24) is 9.97 Å². The number of aromatic nitrogens is 2. The van der Waals surface area contributed by atoms with Gasteiger partial charge in [0, 0.05) is 12.6 Å². The highest BCUT2D eigenvalue weighted by molar-refractivity contribution is 9.11. The van der Waals surface area contributed by atoms with E-state index in [4.69, 9.17) is 17.3 Å². The highest BCUT2D eigenvalue weighted by atomic mass is 79.9. The second-order valence-corrected chi connectivity index (χ2v) is 7.40. The zero-order chi connectivity index (χ0) is 13.6. The first-order valence-electron chi connectivity index (χ1n) is 5.59. The van der Waals surface area contributed by atoms with Crippen molar-refractivity contribution in [2.24, 2.45) is 10.7 Å². The average Bonchev–Trinajstić information content (AvgIpc) is 2.69. The molecule has 0 aliphatic carbocycles. The molecular weight excluding hydrogens is 348 g/mol. The Hall–Kier alpha value is -0.980. The highest BCUT2D eigenvalue weighted by Crippen LogP contribution is 2.43. The molecule has 19 heavy (non-hydrogen) atoms. The predicted molar refractivity (Wildman–Crippen MR) is 80.8 cm³/mol. The van der Waals surface area contributed by atoms with Gasteiger partial charge in [0.1, 0.15) is 17.7 Å². The number of halogens is 2. The SMILES string of the molecule is C[C@@]1(c2sc(Br)cc2Cl)Cc2ncncc2C(N)=N1. The third-order valence-electron chi connectivity index (χ3n) is 3.10. The van der Waals surface area contributed by atoms with E-state index in [1.807, 2.05) is 13.0 Å². The molecule has 4 nitrogen and oxygen atoms in total. The van der Waals surface area contributed by atoms with Crippen LogP contribution in [0.1, 0.15) is 23.1 Å². The summed E-state index contributed by atoms with van der Waals surface area (Å²) in [6, 6.07) is 1.88. The number of fused-ring (bicyclic) bond motifs is 1. The molecule has 0 saturated carbocycles. The van der Waals surface area contributed by atoms with Crippen LogP contribution in [0.5, 0.6) is 0 Å². The quantitative estimate of drug-likeness (QED) is 0.853. The number of rotatable bonds is 1. The van der Waals surface area contributed by atoms with Crippen LogP contribution in [0.2, 0.25) is 5.02 Å². The Balaban J connectivity index is 2.14. The number of hydrogen-bond acceptors (Lipinski definition) is 5. The molecule has 2 N–H and O–H groups in total. The van der Waals surface area contributed by atoms with Gasteiger partial charge in [-0.25, -0.2) is 9.97 Å². The molecule has 98 valence electrons. The van der Waals surface area contributed by atoms with Crippen LogP contribution in [0.15, 0.2) is 27.4 Å². The van der Waals surface area contributed by atoms with Gasteiger partial charge < -0.3 is 5.73 Å². The predicted octanol–water partition coefficient (Wildman–Crippen LogP) is 3.13. The van der Waals surface area contributed by atoms with Crippen molar-refractivity contribution in [3.63, 3.8) is 0 Å². The van der Waals surface area contributed by atoms with E-state index >= 15 is 0 Å². The fourth-order valence-corrected chi connectivity index (χ4v) is 4.45. The fraction of sp³-hybridized carbons (Fsp3) is 0.250. The van der Waals surface area contributed by atoms with Gasteiger partial charge in [-0.05, 0) is 28.9 Å². The molecule has 7 heteroatoms. The van der Waals surface area contributed by atoms with Gasteiger partial charge in [0.05, 0.1) is 24.9 Å². The lowest BCUT2D eigenvalue weighted by Gasteiger charge is -2.29. The minimum Gasteiger partial charge on any atom is -0.383 e. The van der Waals surface area contributed by atoms with E-state index in [0.717, 1.165) is 19.9 Å². The van der Waals surface area contributed by atoms with Crippen molar-refractivity contribution < 1.29 is 0 Å². The Labute approximate surface area is 127 Å². The first kappa shape index (κ1) is 13.0. The number of hydrogen-bond donors (Lipinski definition) is 1. The lowest BCUT2D eigenvalue weighted by Crippen LogP contribution is -2.33. The minimum atomic E-state index is -0.473. The average molecular weight is 358 g/mol. The van der Waals surface area contributed by atoms with Crippen LogP contribution < -0.4 is 5.73 Å². The van der Waals surface area contributed by atoms with Crippen molar-refractivity contribution >= 4 is 44.7 Å². The topological polar surface area (TPSA) is 64.2 Å². The molecule has 2 aromatic rings. The van der Waals surface area contributed by atoms with Crippen LogP contribution in [-0.4, -0.2) is 15.8 Å². The summed E-state index contributed by atoms with van der Waals surface area (Å²) in [7, 11) is 0.